The lowest BCUT2D eigenvalue weighted by Gasteiger charge is -2.39. The van der Waals surface area contributed by atoms with Gasteiger partial charge in [-0.25, -0.2) is 9.59 Å². The zero-order valence-electron chi connectivity index (χ0n) is 25.4. The maximum absolute atomic E-state index is 13.7. The Hall–Kier alpha value is -3.41. The van der Waals surface area contributed by atoms with Crippen molar-refractivity contribution in [1.29, 1.82) is 0 Å². The first-order chi connectivity index (χ1) is 18.5. The fraction of sp³-hybridized carbons (Fsp3) is 0.586. The number of carbonyl (C=O) groups is 4. The molecule has 2 amide bonds. The lowest BCUT2D eigenvalue weighted by molar-refractivity contribution is -0.192. The van der Waals surface area contributed by atoms with Crippen molar-refractivity contribution in [3.05, 3.63) is 47.5 Å². The summed E-state index contributed by atoms with van der Waals surface area (Å²) in [7, 11) is 3.40. The first kappa shape index (κ1) is 37.6. The number of alkyl halides is 3. The van der Waals surface area contributed by atoms with E-state index < -0.39 is 47.1 Å². The van der Waals surface area contributed by atoms with E-state index in [4.69, 9.17) is 9.90 Å². The van der Waals surface area contributed by atoms with Crippen LogP contribution in [-0.2, 0) is 24.6 Å². The molecule has 0 saturated carbocycles. The van der Waals surface area contributed by atoms with Gasteiger partial charge in [0, 0.05) is 18.0 Å². The molecule has 0 aromatic heterocycles. The van der Waals surface area contributed by atoms with Crippen LogP contribution < -0.4 is 10.6 Å². The number of halogens is 3. The number of amides is 2. The molecular formula is C29H44F3N3O6. The maximum atomic E-state index is 13.7. The summed E-state index contributed by atoms with van der Waals surface area (Å²) in [6, 6.07) is 7.99. The van der Waals surface area contributed by atoms with Crippen molar-refractivity contribution in [3.8, 4) is 0 Å². The van der Waals surface area contributed by atoms with Gasteiger partial charge in [-0.15, -0.1) is 0 Å². The second kappa shape index (κ2) is 15.0. The summed E-state index contributed by atoms with van der Waals surface area (Å²) in [6.45, 7) is 15.1. The number of aliphatic carboxylic acids is 2. The van der Waals surface area contributed by atoms with Crippen molar-refractivity contribution in [3.63, 3.8) is 0 Å². The highest BCUT2D eigenvalue weighted by atomic mass is 19.4. The van der Waals surface area contributed by atoms with Gasteiger partial charge in [-0.3, -0.25) is 9.59 Å². The Balaban J connectivity index is 0.00000201. The number of carboxylic acids is 2. The SMILES string of the molecule is CN[C@H](C(=O)N[C@H](C(=O)N(C)[C@H](/C=C(\C)C(=O)O)C(C)C)C(C)(C)C)C(C)(C)c1ccccc1.O=C(O)C(F)(F)F. The van der Waals surface area contributed by atoms with Crippen LogP contribution in [-0.4, -0.2) is 77.3 Å². The average Bonchev–Trinajstić information content (AvgIpc) is 2.84. The van der Waals surface area contributed by atoms with Crippen molar-refractivity contribution in [1.82, 2.24) is 15.5 Å². The topological polar surface area (TPSA) is 136 Å². The molecule has 0 aliphatic rings. The van der Waals surface area contributed by atoms with Crippen LogP contribution in [0.4, 0.5) is 13.2 Å². The summed E-state index contributed by atoms with van der Waals surface area (Å²) in [5.74, 6) is -4.32. The zero-order valence-corrected chi connectivity index (χ0v) is 25.4. The quantitative estimate of drug-likeness (QED) is 0.301. The Morgan fingerprint density at radius 1 is 0.927 bits per heavy atom. The second-order valence-corrected chi connectivity index (χ2v) is 11.8. The second-order valence-electron chi connectivity index (χ2n) is 11.8. The van der Waals surface area contributed by atoms with Gasteiger partial charge in [-0.05, 0) is 30.9 Å². The Labute approximate surface area is 240 Å². The molecule has 1 aromatic rings. The zero-order chi connectivity index (χ0) is 32.5. The first-order valence-electron chi connectivity index (χ1n) is 13.0. The molecule has 0 fully saturated rings. The third kappa shape index (κ3) is 11.2. The molecule has 12 heteroatoms. The van der Waals surface area contributed by atoms with E-state index in [1.165, 1.54) is 6.92 Å². The van der Waals surface area contributed by atoms with Crippen LogP contribution in [0.3, 0.4) is 0 Å². The molecular weight excluding hydrogens is 543 g/mol. The van der Waals surface area contributed by atoms with E-state index in [1.54, 1.807) is 25.1 Å². The molecule has 1 aromatic carbocycles. The monoisotopic (exact) mass is 587 g/mol. The molecule has 9 nitrogen and oxygen atoms in total. The van der Waals surface area contributed by atoms with E-state index in [9.17, 15) is 32.7 Å². The third-order valence-electron chi connectivity index (χ3n) is 6.67. The Kier molecular flexibility index (Phi) is 13.8. The molecule has 0 unspecified atom stereocenters. The number of benzene rings is 1. The Morgan fingerprint density at radius 2 is 1.39 bits per heavy atom. The number of hydrogen-bond acceptors (Lipinski definition) is 5. The highest BCUT2D eigenvalue weighted by Gasteiger charge is 2.41. The van der Waals surface area contributed by atoms with E-state index in [2.05, 4.69) is 10.6 Å². The molecule has 0 aliphatic carbocycles. The molecule has 1 rings (SSSR count). The van der Waals surface area contributed by atoms with Crippen molar-refractivity contribution < 1.29 is 42.6 Å². The van der Waals surface area contributed by atoms with E-state index in [1.807, 2.05) is 78.8 Å². The van der Waals surface area contributed by atoms with E-state index in [0.717, 1.165) is 5.56 Å². The van der Waals surface area contributed by atoms with Crippen LogP contribution >= 0.6 is 0 Å². The van der Waals surface area contributed by atoms with E-state index in [-0.39, 0.29) is 23.3 Å². The highest BCUT2D eigenvalue weighted by molar-refractivity contribution is 5.91. The minimum atomic E-state index is -5.08. The minimum absolute atomic E-state index is 0.0124. The molecule has 0 saturated heterocycles. The van der Waals surface area contributed by atoms with Gasteiger partial charge >= 0.3 is 18.1 Å². The first-order valence-corrected chi connectivity index (χ1v) is 13.0. The van der Waals surface area contributed by atoms with Gasteiger partial charge < -0.3 is 25.7 Å². The van der Waals surface area contributed by atoms with Crippen LogP contribution in [0.25, 0.3) is 0 Å². The fourth-order valence-electron chi connectivity index (χ4n) is 4.16. The van der Waals surface area contributed by atoms with Crippen molar-refractivity contribution in [2.45, 2.75) is 85.1 Å². The number of rotatable bonds is 10. The smallest absolute Gasteiger partial charge is 0.478 e. The van der Waals surface area contributed by atoms with Crippen molar-refractivity contribution in [2.75, 3.05) is 14.1 Å². The van der Waals surface area contributed by atoms with Crippen molar-refractivity contribution >= 4 is 23.8 Å². The van der Waals surface area contributed by atoms with Gasteiger partial charge in [0.2, 0.25) is 11.8 Å². The van der Waals surface area contributed by atoms with Gasteiger partial charge in [0.25, 0.3) is 0 Å². The number of carbonyl (C=O) groups excluding carboxylic acids is 2. The van der Waals surface area contributed by atoms with E-state index in [0.29, 0.717) is 0 Å². The van der Waals surface area contributed by atoms with Gasteiger partial charge in [0.1, 0.15) is 6.04 Å². The van der Waals surface area contributed by atoms with Gasteiger partial charge in [-0.1, -0.05) is 84.9 Å². The van der Waals surface area contributed by atoms with Gasteiger partial charge in [0.15, 0.2) is 0 Å². The molecule has 4 N–H and O–H groups in total. The summed E-state index contributed by atoms with van der Waals surface area (Å²) < 4.78 is 31.7. The molecule has 3 atom stereocenters. The summed E-state index contributed by atoms with van der Waals surface area (Å²) in [6.07, 6.45) is -3.48. The molecule has 232 valence electrons. The maximum Gasteiger partial charge on any atom is 0.490 e. The lowest BCUT2D eigenvalue weighted by Crippen LogP contribution is -2.61. The molecule has 0 bridgehead atoms. The molecule has 0 heterocycles. The molecule has 0 radical (unpaired) electrons. The predicted molar refractivity (Wildman–Crippen MR) is 150 cm³/mol. The van der Waals surface area contributed by atoms with Crippen molar-refractivity contribution in [2.24, 2.45) is 11.3 Å². The van der Waals surface area contributed by atoms with E-state index >= 15 is 0 Å². The predicted octanol–water partition coefficient (Wildman–Crippen LogP) is 4.23. The average molecular weight is 588 g/mol. The molecule has 41 heavy (non-hydrogen) atoms. The minimum Gasteiger partial charge on any atom is -0.478 e. The normalized spacial score (nSPS) is 14.7. The summed E-state index contributed by atoms with van der Waals surface area (Å²) >= 11 is 0. The fourth-order valence-corrected chi connectivity index (χ4v) is 4.16. The number of hydrogen-bond donors (Lipinski definition) is 4. The third-order valence-corrected chi connectivity index (χ3v) is 6.67. The highest BCUT2D eigenvalue weighted by Crippen LogP contribution is 2.29. The summed E-state index contributed by atoms with van der Waals surface area (Å²) in [4.78, 5) is 49.0. The summed E-state index contributed by atoms with van der Waals surface area (Å²) in [5, 5.41) is 22.6. The Morgan fingerprint density at radius 3 is 1.73 bits per heavy atom. The van der Waals surface area contributed by atoms with Crippen LogP contribution in [0.1, 0.15) is 61.0 Å². The largest absolute Gasteiger partial charge is 0.490 e. The number of likely N-dealkylation sites (N-methyl/N-ethyl adjacent to an activating group) is 2. The van der Waals surface area contributed by atoms with Crippen LogP contribution in [0.2, 0.25) is 0 Å². The number of nitrogens with zero attached hydrogens (tertiary/aromatic N) is 1. The standard InChI is InChI=1S/C27H43N3O4.C2HF3O2/c1-17(2)20(16-18(3)25(33)34)30(10)24(32)22(26(4,5)6)29-23(31)21(28-9)27(7,8)19-14-12-11-13-15-19;3-2(4,5)1(6)7/h11-17,20-22,28H,1-10H3,(H,29,31)(H,33,34);(H,6,7)/b18-16+;/t20-,21-,22-;/m1./s1. The Bertz CT molecular complexity index is 1080. The van der Waals surface area contributed by atoms with Gasteiger partial charge in [-0.2, -0.15) is 13.2 Å². The van der Waals surface area contributed by atoms with Gasteiger partial charge in [0.05, 0.1) is 12.1 Å². The molecule has 0 aliphatic heterocycles. The van der Waals surface area contributed by atoms with Crippen LogP contribution in [0.15, 0.2) is 42.0 Å². The number of carboxylic acid groups (broad SMARTS) is 2. The van der Waals surface area contributed by atoms with Crippen LogP contribution in [0.5, 0.6) is 0 Å². The number of nitrogens with one attached hydrogen (secondary N) is 2. The lowest BCUT2D eigenvalue weighted by atomic mass is 9.76. The van der Waals surface area contributed by atoms with Crippen LogP contribution in [0, 0.1) is 11.3 Å². The summed E-state index contributed by atoms with van der Waals surface area (Å²) in [5.41, 5.74) is 0.0895. The molecule has 0 spiro atoms.